The Labute approximate surface area is 111 Å². The smallest absolute Gasteiger partial charge is 0.225 e. The van der Waals surface area contributed by atoms with Gasteiger partial charge < -0.3 is 10.5 Å². The molecule has 5 nitrogen and oxygen atoms in total. The molecule has 0 aliphatic rings. The van der Waals surface area contributed by atoms with Crippen LogP contribution in [-0.4, -0.2) is 24.6 Å². The molecule has 2 N–H and O–H groups in total. The molecule has 0 spiro atoms. The Kier molecular flexibility index (Phi) is 5.73. The van der Waals surface area contributed by atoms with E-state index < -0.39 is 5.91 Å². The lowest BCUT2D eigenvalue weighted by atomic mass is 10.1. The minimum Gasteiger partial charge on any atom is -0.493 e. The number of aldehydes is 1. The van der Waals surface area contributed by atoms with Gasteiger partial charge in [0.15, 0.2) is 12.1 Å². The third kappa shape index (κ3) is 4.54. The molecule has 19 heavy (non-hydrogen) atoms. The molecule has 5 heteroatoms. The Bertz CT molecular complexity index is 482. The molecule has 0 unspecified atom stereocenters. The number of hydrogen-bond acceptors (Lipinski definition) is 4. The number of ketones is 1. The molecule has 0 aliphatic heterocycles. The highest BCUT2D eigenvalue weighted by atomic mass is 16.5. The fourth-order valence-electron chi connectivity index (χ4n) is 1.52. The Morgan fingerprint density at radius 3 is 2.68 bits per heavy atom. The van der Waals surface area contributed by atoms with E-state index in [2.05, 4.69) is 0 Å². The molecule has 0 saturated carbocycles. The maximum Gasteiger partial charge on any atom is 0.225 e. The quantitative estimate of drug-likeness (QED) is 0.335. The molecule has 0 atom stereocenters. The van der Waals surface area contributed by atoms with E-state index in [0.717, 1.165) is 12.8 Å². The number of rotatable bonds is 8. The lowest BCUT2D eigenvalue weighted by Gasteiger charge is -2.09. The van der Waals surface area contributed by atoms with Gasteiger partial charge in [-0.1, -0.05) is 19.4 Å². The van der Waals surface area contributed by atoms with Gasteiger partial charge in [0.1, 0.15) is 5.75 Å². The summed E-state index contributed by atoms with van der Waals surface area (Å²) in [4.78, 5) is 33.3. The van der Waals surface area contributed by atoms with Gasteiger partial charge in [-0.3, -0.25) is 14.4 Å². The van der Waals surface area contributed by atoms with Crippen molar-refractivity contribution in [3.63, 3.8) is 0 Å². The molecule has 0 aromatic heterocycles. The summed E-state index contributed by atoms with van der Waals surface area (Å²) in [5, 5.41) is 0. The number of nitrogens with two attached hydrogens (primary N) is 1. The zero-order chi connectivity index (χ0) is 14.3. The zero-order valence-corrected chi connectivity index (χ0v) is 10.8. The van der Waals surface area contributed by atoms with E-state index >= 15 is 0 Å². The van der Waals surface area contributed by atoms with Gasteiger partial charge in [-0.05, 0) is 18.6 Å². The Morgan fingerprint density at radius 2 is 2.11 bits per heavy atom. The normalized spacial score (nSPS) is 9.95. The van der Waals surface area contributed by atoms with Gasteiger partial charge in [0.05, 0.1) is 18.6 Å². The molecule has 0 fully saturated rings. The summed E-state index contributed by atoms with van der Waals surface area (Å²) in [7, 11) is 0. The Morgan fingerprint density at radius 1 is 1.37 bits per heavy atom. The highest BCUT2D eigenvalue weighted by Crippen LogP contribution is 2.20. The van der Waals surface area contributed by atoms with Gasteiger partial charge in [0.2, 0.25) is 5.91 Å². The summed E-state index contributed by atoms with van der Waals surface area (Å²) in [6.07, 6.45) is 2.15. The molecule has 1 aromatic rings. The van der Waals surface area contributed by atoms with Crippen LogP contribution < -0.4 is 10.5 Å². The van der Waals surface area contributed by atoms with Crippen LogP contribution in [0.2, 0.25) is 0 Å². The third-order valence-corrected chi connectivity index (χ3v) is 2.55. The van der Waals surface area contributed by atoms with Gasteiger partial charge in [0, 0.05) is 5.56 Å². The largest absolute Gasteiger partial charge is 0.493 e. The van der Waals surface area contributed by atoms with Crippen molar-refractivity contribution >= 4 is 18.0 Å². The number of ether oxygens (including phenoxy) is 1. The summed E-state index contributed by atoms with van der Waals surface area (Å²) in [5.74, 6) is -0.707. The van der Waals surface area contributed by atoms with Crippen LogP contribution in [0, 0.1) is 0 Å². The molecule has 1 aromatic carbocycles. The summed E-state index contributed by atoms with van der Waals surface area (Å²) in [6, 6.07) is 4.47. The molecule has 0 saturated heterocycles. The third-order valence-electron chi connectivity index (χ3n) is 2.55. The standard InChI is InChI=1S/C14H17NO4/c1-2-3-6-19-13-7-10(4-5-11(13)9-16)12(17)8-14(15)18/h4-5,7,9H,2-3,6,8H2,1H3,(H2,15,18). The van der Waals surface area contributed by atoms with Crippen LogP contribution in [0.3, 0.4) is 0 Å². The van der Waals surface area contributed by atoms with Gasteiger partial charge >= 0.3 is 0 Å². The zero-order valence-electron chi connectivity index (χ0n) is 10.8. The second kappa shape index (κ2) is 7.31. The van der Waals surface area contributed by atoms with Gasteiger partial charge in [0.25, 0.3) is 0 Å². The Balaban J connectivity index is 2.90. The van der Waals surface area contributed by atoms with Crippen LogP contribution in [0.15, 0.2) is 18.2 Å². The first kappa shape index (κ1) is 14.9. The maximum atomic E-state index is 11.7. The van der Waals surface area contributed by atoms with Crippen molar-refractivity contribution in [1.82, 2.24) is 0 Å². The Hall–Kier alpha value is -2.17. The van der Waals surface area contributed by atoms with E-state index in [9.17, 15) is 14.4 Å². The highest BCUT2D eigenvalue weighted by Gasteiger charge is 2.12. The summed E-state index contributed by atoms with van der Waals surface area (Å²) in [6.45, 7) is 2.50. The van der Waals surface area contributed by atoms with Crippen LogP contribution in [0.5, 0.6) is 5.75 Å². The number of amides is 1. The minimum absolute atomic E-state index is 0.316. The summed E-state index contributed by atoms with van der Waals surface area (Å²) >= 11 is 0. The molecular weight excluding hydrogens is 246 g/mol. The average Bonchev–Trinajstić information content (AvgIpc) is 2.38. The van der Waals surface area contributed by atoms with Crippen molar-refractivity contribution in [2.24, 2.45) is 5.73 Å². The fraction of sp³-hybridized carbons (Fsp3) is 0.357. The average molecular weight is 263 g/mol. The van der Waals surface area contributed by atoms with Crippen LogP contribution >= 0.6 is 0 Å². The molecule has 0 bridgehead atoms. The van der Waals surface area contributed by atoms with Crippen molar-refractivity contribution in [3.8, 4) is 5.75 Å². The number of Topliss-reactive ketones (excluding diaryl/α,β-unsaturated/α-hetero) is 1. The van der Waals surface area contributed by atoms with Gasteiger partial charge in [-0.15, -0.1) is 0 Å². The molecular formula is C14H17NO4. The maximum absolute atomic E-state index is 11.7. The van der Waals surface area contributed by atoms with E-state index in [1.165, 1.54) is 18.2 Å². The van der Waals surface area contributed by atoms with E-state index in [4.69, 9.17) is 10.5 Å². The van der Waals surface area contributed by atoms with Crippen LogP contribution in [-0.2, 0) is 4.79 Å². The highest BCUT2D eigenvalue weighted by molar-refractivity contribution is 6.07. The predicted octanol–water partition coefficient (Wildman–Crippen LogP) is 1.74. The minimum atomic E-state index is -0.682. The molecule has 1 amide bonds. The van der Waals surface area contributed by atoms with E-state index in [-0.39, 0.29) is 12.2 Å². The van der Waals surface area contributed by atoms with Crippen molar-refractivity contribution in [1.29, 1.82) is 0 Å². The van der Waals surface area contributed by atoms with Crippen molar-refractivity contribution in [2.75, 3.05) is 6.61 Å². The summed E-state index contributed by atoms with van der Waals surface area (Å²) < 4.78 is 5.46. The van der Waals surface area contributed by atoms with Crippen molar-refractivity contribution in [3.05, 3.63) is 29.3 Å². The molecule has 0 aliphatic carbocycles. The first-order chi connectivity index (χ1) is 9.08. The van der Waals surface area contributed by atoms with Crippen LogP contribution in [0.25, 0.3) is 0 Å². The second-order valence-electron chi connectivity index (χ2n) is 4.14. The number of carbonyl (C=O) groups excluding carboxylic acids is 3. The lowest BCUT2D eigenvalue weighted by molar-refractivity contribution is -0.117. The number of primary amides is 1. The van der Waals surface area contributed by atoms with Crippen molar-refractivity contribution < 1.29 is 19.1 Å². The SMILES string of the molecule is CCCCOc1cc(C(=O)CC(N)=O)ccc1C=O. The van der Waals surface area contributed by atoms with E-state index in [0.29, 0.717) is 29.8 Å². The van der Waals surface area contributed by atoms with E-state index in [1.54, 1.807) is 0 Å². The monoisotopic (exact) mass is 263 g/mol. The number of hydrogen-bond donors (Lipinski definition) is 1. The van der Waals surface area contributed by atoms with E-state index in [1.807, 2.05) is 6.92 Å². The van der Waals surface area contributed by atoms with Crippen LogP contribution in [0.1, 0.15) is 46.9 Å². The van der Waals surface area contributed by atoms with Gasteiger partial charge in [-0.25, -0.2) is 0 Å². The molecule has 0 heterocycles. The fourth-order valence-corrected chi connectivity index (χ4v) is 1.52. The molecule has 0 radical (unpaired) electrons. The van der Waals surface area contributed by atoms with Gasteiger partial charge in [-0.2, -0.15) is 0 Å². The summed E-state index contributed by atoms with van der Waals surface area (Å²) in [5.41, 5.74) is 5.67. The van der Waals surface area contributed by atoms with Crippen LogP contribution in [0.4, 0.5) is 0 Å². The number of benzene rings is 1. The first-order valence-corrected chi connectivity index (χ1v) is 6.12. The second-order valence-corrected chi connectivity index (χ2v) is 4.14. The van der Waals surface area contributed by atoms with Crippen molar-refractivity contribution in [2.45, 2.75) is 26.2 Å². The number of carbonyl (C=O) groups is 3. The first-order valence-electron chi connectivity index (χ1n) is 6.12. The topological polar surface area (TPSA) is 86.5 Å². The predicted molar refractivity (Wildman–Crippen MR) is 70.4 cm³/mol. The molecule has 102 valence electrons. The molecule has 1 rings (SSSR count). The lowest BCUT2D eigenvalue weighted by Crippen LogP contribution is -2.16. The number of unbranched alkanes of at least 4 members (excludes halogenated alkanes) is 1.